The van der Waals surface area contributed by atoms with E-state index in [1.54, 1.807) is 36.0 Å². The lowest BCUT2D eigenvalue weighted by Crippen LogP contribution is -1.88. The highest BCUT2D eigenvalue weighted by molar-refractivity contribution is 7.19. The highest BCUT2D eigenvalue weighted by atomic mass is 35.5. The van der Waals surface area contributed by atoms with E-state index in [1.165, 1.54) is 0 Å². The molecule has 3 heterocycles. The molecule has 0 saturated carbocycles. The van der Waals surface area contributed by atoms with E-state index in [4.69, 9.17) is 28.9 Å². The van der Waals surface area contributed by atoms with Crippen LogP contribution in [-0.2, 0) is 0 Å². The van der Waals surface area contributed by atoms with Gasteiger partial charge in [-0.15, -0.1) is 11.3 Å². The molecule has 25 heavy (non-hydrogen) atoms. The topological polar surface area (TPSA) is 67.6 Å². The van der Waals surface area contributed by atoms with Gasteiger partial charge in [-0.3, -0.25) is 0 Å². The van der Waals surface area contributed by atoms with Crippen molar-refractivity contribution in [3.63, 3.8) is 0 Å². The zero-order chi connectivity index (χ0) is 17.4. The average molecular weight is 387 g/mol. The molecule has 1 aromatic carbocycles. The highest BCUT2D eigenvalue weighted by Gasteiger charge is 2.18. The van der Waals surface area contributed by atoms with Crippen molar-refractivity contribution in [1.29, 1.82) is 0 Å². The average Bonchev–Trinajstić information content (AvgIpc) is 3.24. The number of anilines is 1. The van der Waals surface area contributed by atoms with Crippen molar-refractivity contribution in [1.82, 2.24) is 15.0 Å². The van der Waals surface area contributed by atoms with Gasteiger partial charge in [-0.2, -0.15) is 0 Å². The van der Waals surface area contributed by atoms with Crippen LogP contribution in [0.3, 0.4) is 0 Å². The van der Waals surface area contributed by atoms with Gasteiger partial charge < -0.3 is 10.7 Å². The summed E-state index contributed by atoms with van der Waals surface area (Å²) in [4.78, 5) is 13.7. The van der Waals surface area contributed by atoms with Crippen LogP contribution in [0, 0.1) is 0 Å². The van der Waals surface area contributed by atoms with Crippen LogP contribution in [0.15, 0.2) is 55.0 Å². The molecule has 124 valence electrons. The van der Waals surface area contributed by atoms with Crippen LogP contribution in [0.1, 0.15) is 0 Å². The van der Waals surface area contributed by atoms with Crippen LogP contribution >= 0.6 is 34.5 Å². The van der Waals surface area contributed by atoms with Gasteiger partial charge in [0.1, 0.15) is 11.6 Å². The van der Waals surface area contributed by atoms with Crippen molar-refractivity contribution < 1.29 is 0 Å². The number of rotatable bonds is 3. The lowest BCUT2D eigenvalue weighted by Gasteiger charge is -2.05. The molecule has 0 radical (unpaired) electrons. The Morgan fingerprint density at radius 1 is 0.960 bits per heavy atom. The Hall–Kier alpha value is -2.34. The van der Waals surface area contributed by atoms with Crippen LogP contribution in [-0.4, -0.2) is 15.0 Å². The summed E-state index contributed by atoms with van der Waals surface area (Å²) in [7, 11) is 0. The zero-order valence-corrected chi connectivity index (χ0v) is 15.2. The maximum absolute atomic E-state index is 6.44. The normalized spacial score (nSPS) is 11.0. The summed E-state index contributed by atoms with van der Waals surface area (Å²) in [6.07, 6.45) is 5.23. The van der Waals surface area contributed by atoms with Gasteiger partial charge in [-0.05, 0) is 35.9 Å². The largest absolute Gasteiger partial charge is 0.384 e. The van der Waals surface area contributed by atoms with E-state index in [-0.39, 0.29) is 0 Å². The van der Waals surface area contributed by atoms with Crippen molar-refractivity contribution in [3.05, 3.63) is 65.0 Å². The fraction of sp³-hybridized carbons (Fsp3) is 0. The predicted molar refractivity (Wildman–Crippen MR) is 105 cm³/mol. The third kappa shape index (κ3) is 3.14. The van der Waals surface area contributed by atoms with E-state index in [2.05, 4.69) is 21.0 Å². The standard InChI is InChI=1S/C18H12Cl2N4S/c19-11-1-2-12(14(20)8-11)13-9-15(10-3-4-22-16(21)7-10)25-17(13)18-23-5-6-24-18/h1-9H,(H2,21,22)(H,23,24). The number of pyridine rings is 1. The van der Waals surface area contributed by atoms with E-state index in [0.717, 1.165) is 32.3 Å². The molecule has 4 aromatic rings. The number of H-pyrrole nitrogens is 1. The molecule has 4 nitrogen and oxygen atoms in total. The lowest BCUT2D eigenvalue weighted by molar-refractivity contribution is 1.33. The molecular formula is C18H12Cl2N4S. The van der Waals surface area contributed by atoms with E-state index < -0.39 is 0 Å². The van der Waals surface area contributed by atoms with E-state index in [1.807, 2.05) is 24.3 Å². The Bertz CT molecular complexity index is 1040. The first kappa shape index (κ1) is 16.1. The Morgan fingerprint density at radius 3 is 2.56 bits per heavy atom. The fourth-order valence-electron chi connectivity index (χ4n) is 2.61. The molecule has 0 aliphatic carbocycles. The fourth-order valence-corrected chi connectivity index (χ4v) is 4.25. The van der Waals surface area contributed by atoms with E-state index in [0.29, 0.717) is 15.9 Å². The molecule has 0 fully saturated rings. The number of halogens is 2. The van der Waals surface area contributed by atoms with Crippen molar-refractivity contribution in [3.8, 4) is 32.3 Å². The van der Waals surface area contributed by atoms with Gasteiger partial charge in [0.25, 0.3) is 0 Å². The van der Waals surface area contributed by atoms with Gasteiger partial charge in [0.05, 0.1) is 4.88 Å². The van der Waals surface area contributed by atoms with Gasteiger partial charge in [0.15, 0.2) is 0 Å². The predicted octanol–water partition coefficient (Wildman–Crippen LogP) is 5.76. The minimum Gasteiger partial charge on any atom is -0.384 e. The van der Waals surface area contributed by atoms with Crippen LogP contribution < -0.4 is 5.73 Å². The first-order chi connectivity index (χ1) is 12.1. The Balaban J connectivity index is 1.93. The second-order valence-corrected chi connectivity index (χ2v) is 7.28. The van der Waals surface area contributed by atoms with Crippen molar-refractivity contribution in [2.45, 2.75) is 0 Å². The molecule has 0 aliphatic heterocycles. The molecule has 7 heteroatoms. The minimum atomic E-state index is 0.483. The number of aromatic nitrogens is 3. The molecule has 3 aromatic heterocycles. The third-order valence-corrected chi connectivity index (χ3v) is 5.47. The Labute approximate surface area is 158 Å². The molecule has 0 bridgehead atoms. The third-order valence-electron chi connectivity index (χ3n) is 3.73. The van der Waals surface area contributed by atoms with Crippen LogP contribution in [0.25, 0.3) is 32.3 Å². The number of thiophene rings is 1. The number of nitrogens with zero attached hydrogens (tertiary/aromatic N) is 2. The number of imidazole rings is 1. The minimum absolute atomic E-state index is 0.483. The maximum Gasteiger partial charge on any atom is 0.148 e. The molecule has 0 amide bonds. The molecule has 0 saturated heterocycles. The summed E-state index contributed by atoms with van der Waals surface area (Å²) in [6, 6.07) is 11.4. The highest BCUT2D eigenvalue weighted by Crippen LogP contribution is 2.44. The summed E-state index contributed by atoms with van der Waals surface area (Å²) in [5.41, 5.74) is 8.73. The summed E-state index contributed by atoms with van der Waals surface area (Å²) < 4.78 is 0. The summed E-state index contributed by atoms with van der Waals surface area (Å²) in [6.45, 7) is 0. The maximum atomic E-state index is 6.44. The Morgan fingerprint density at radius 2 is 1.84 bits per heavy atom. The number of nitrogens with two attached hydrogens (primary N) is 1. The molecule has 0 aliphatic rings. The quantitative estimate of drug-likeness (QED) is 0.470. The van der Waals surface area contributed by atoms with Gasteiger partial charge in [0.2, 0.25) is 0 Å². The summed E-state index contributed by atoms with van der Waals surface area (Å²) in [5, 5.41) is 1.20. The molecule has 0 unspecified atom stereocenters. The first-order valence-electron chi connectivity index (χ1n) is 7.43. The van der Waals surface area contributed by atoms with Crippen molar-refractivity contribution in [2.75, 3.05) is 5.73 Å². The molecule has 3 N–H and O–H groups in total. The summed E-state index contributed by atoms with van der Waals surface area (Å²) in [5.74, 6) is 1.27. The van der Waals surface area contributed by atoms with Gasteiger partial charge in [-0.25, -0.2) is 9.97 Å². The van der Waals surface area contributed by atoms with Crippen molar-refractivity contribution >= 4 is 40.4 Å². The van der Waals surface area contributed by atoms with Crippen LogP contribution in [0.2, 0.25) is 10.0 Å². The van der Waals surface area contributed by atoms with E-state index >= 15 is 0 Å². The SMILES string of the molecule is Nc1cc(-c2cc(-c3ccc(Cl)cc3Cl)c(-c3ncc[nH]3)s2)ccn1. The van der Waals surface area contributed by atoms with Gasteiger partial charge in [-0.1, -0.05) is 29.3 Å². The van der Waals surface area contributed by atoms with Crippen molar-refractivity contribution in [2.24, 2.45) is 0 Å². The van der Waals surface area contributed by atoms with Gasteiger partial charge in [0, 0.05) is 44.6 Å². The number of aromatic amines is 1. The number of nitrogens with one attached hydrogen (secondary N) is 1. The van der Waals surface area contributed by atoms with Gasteiger partial charge >= 0.3 is 0 Å². The van der Waals surface area contributed by atoms with Crippen LogP contribution in [0.4, 0.5) is 5.82 Å². The second kappa shape index (κ2) is 6.52. The molecule has 0 spiro atoms. The van der Waals surface area contributed by atoms with E-state index in [9.17, 15) is 0 Å². The molecule has 4 rings (SSSR count). The number of hydrogen-bond donors (Lipinski definition) is 2. The van der Waals surface area contributed by atoms with Crippen LogP contribution in [0.5, 0.6) is 0 Å². The number of benzene rings is 1. The molecule has 0 atom stereocenters. The lowest BCUT2D eigenvalue weighted by atomic mass is 10.0. The number of hydrogen-bond acceptors (Lipinski definition) is 4. The second-order valence-electron chi connectivity index (χ2n) is 5.38. The first-order valence-corrected chi connectivity index (χ1v) is 9.00. The smallest absolute Gasteiger partial charge is 0.148 e. The monoisotopic (exact) mass is 386 g/mol. The zero-order valence-electron chi connectivity index (χ0n) is 12.8. The number of nitrogen functional groups attached to an aromatic ring is 1. The summed E-state index contributed by atoms with van der Waals surface area (Å²) >= 11 is 14.1. The molecular weight excluding hydrogens is 375 g/mol. The Kier molecular flexibility index (Phi) is 4.21.